The van der Waals surface area contributed by atoms with Crippen molar-refractivity contribution < 1.29 is 0 Å². The van der Waals surface area contributed by atoms with Gasteiger partial charge in [0.15, 0.2) is 0 Å². The first-order chi connectivity index (χ1) is 69.5. The molecule has 30 aromatic rings. The van der Waals surface area contributed by atoms with Crippen molar-refractivity contribution in [1.82, 2.24) is 27.4 Å². The summed E-state index contributed by atoms with van der Waals surface area (Å²) < 4.78 is 14.7. The van der Waals surface area contributed by atoms with Gasteiger partial charge in [-0.1, -0.05) is 370 Å². The summed E-state index contributed by atoms with van der Waals surface area (Å²) in [7, 11) is 0. The van der Waals surface area contributed by atoms with Crippen LogP contribution in [-0.4, -0.2) is 27.4 Å². The van der Waals surface area contributed by atoms with E-state index in [0.29, 0.717) is 0 Å². The zero-order chi connectivity index (χ0) is 92.0. The molecule has 6 heteroatoms. The Morgan fingerprint density at radius 1 is 0.107 bits per heavy atom. The maximum Gasteiger partial charge on any atom is 0.0562 e. The van der Waals surface area contributed by atoms with E-state index in [-0.39, 0.29) is 0 Å². The average Bonchev–Trinajstić information content (AvgIpc) is 1.55. The highest BCUT2D eigenvalue weighted by atomic mass is 15.0. The first-order valence-electron chi connectivity index (χ1n) is 48.3. The standard InChI is InChI=1S/C46H30N2.2C44H28N2/c1-4-14-31(15-5-1)34-26-35(32-16-6-2-7-17-32)28-37(27-34)48-42-23-13-12-22-39(42)40-29-41-45(30-44(40)48)47(36-19-8-3-9-20-36)43-25-24-33-18-10-11-21-38(33)46(41)43;1-3-13-29(14-4-1)32-24-26-40(35-20-10-9-19-34(32)35)46-39-22-12-11-21-36(39)37-27-38-43(28-42(37)46)45(31-16-5-2-6-17-31)41-25-23-30-15-7-8-18-33(30)44(38)41;1-2-13-34(14-3-1)46-41-25-22-31-11-6-7-15-36(31)44(41)39-27-38-37-16-8-9-17-40(37)45(42(38)28-43(39)46)35-23-20-30(21-24-35)33-19-18-29-10-4-5-12-32(29)26-33/h1-30H;2*1-28H. The number of benzene rings is 24. The minimum Gasteiger partial charge on any atom is -0.309 e. The molecule has 0 radical (unpaired) electrons. The Balaban J connectivity index is 0.000000103. The van der Waals surface area contributed by atoms with Gasteiger partial charge in [-0.2, -0.15) is 0 Å². The molecular weight excluding hydrogens is 1690 g/mol. The van der Waals surface area contributed by atoms with Gasteiger partial charge in [-0.05, 0) is 245 Å². The van der Waals surface area contributed by atoms with Gasteiger partial charge in [0.1, 0.15) is 0 Å². The third-order valence-corrected chi connectivity index (χ3v) is 29.2. The Bertz CT molecular complexity index is 10200. The fourth-order valence-corrected chi connectivity index (χ4v) is 23.0. The van der Waals surface area contributed by atoms with Crippen molar-refractivity contribution in [1.29, 1.82) is 0 Å². The molecule has 0 aliphatic carbocycles. The van der Waals surface area contributed by atoms with Crippen molar-refractivity contribution >= 4 is 185 Å². The quantitative estimate of drug-likeness (QED) is 0.131. The molecule has 30 rings (SSSR count). The van der Waals surface area contributed by atoms with Gasteiger partial charge in [0.2, 0.25) is 0 Å². The monoisotopic (exact) mass is 1780 g/mol. The lowest BCUT2D eigenvalue weighted by Gasteiger charge is -2.15. The lowest BCUT2D eigenvalue weighted by Crippen LogP contribution is -1.97. The van der Waals surface area contributed by atoms with Gasteiger partial charge in [0.25, 0.3) is 0 Å². The van der Waals surface area contributed by atoms with Crippen molar-refractivity contribution in [2.45, 2.75) is 0 Å². The number of nitrogens with zero attached hydrogens (tertiary/aromatic N) is 6. The second-order valence-corrected chi connectivity index (χ2v) is 36.9. The molecule has 0 aliphatic heterocycles. The zero-order valence-corrected chi connectivity index (χ0v) is 76.3. The SMILES string of the molecule is c1ccc(-c2cc(-c3ccccc3)cc(-n3c4ccccc4c4cc5c6c7ccccc7ccc6n(-c6ccccc6)c5cc43)c2)cc1.c1ccc(-c2ccc(-n3c4ccccc4c4cc5c6c7ccccc7ccc6n(-c6ccccc6)c5cc43)c3ccccc23)cc1.c1ccc(-n2c3cc4c(cc3c3c5ccccc5ccc32)c2ccccc2n4-c2ccc(-c3ccc4ccccc4c3)cc2)cc1. The molecule has 140 heavy (non-hydrogen) atoms. The summed E-state index contributed by atoms with van der Waals surface area (Å²) in [5, 5.41) is 27.9. The molecule has 0 saturated carbocycles. The largest absolute Gasteiger partial charge is 0.309 e. The molecule has 652 valence electrons. The van der Waals surface area contributed by atoms with Gasteiger partial charge in [0.05, 0.1) is 71.9 Å². The fraction of sp³-hybridized carbons (Fsp3) is 0. The highest BCUT2D eigenvalue weighted by Gasteiger charge is 2.27. The Kier molecular flexibility index (Phi) is 18.6. The number of hydrogen-bond donors (Lipinski definition) is 0. The Hall–Kier alpha value is -18.6. The van der Waals surface area contributed by atoms with E-state index in [9.17, 15) is 0 Å². The van der Waals surface area contributed by atoms with E-state index in [1.807, 2.05) is 0 Å². The molecule has 0 N–H and O–H groups in total. The number of rotatable bonds is 10. The molecule has 6 heterocycles. The number of para-hydroxylation sites is 6. The van der Waals surface area contributed by atoms with Crippen LogP contribution >= 0.6 is 0 Å². The minimum absolute atomic E-state index is 1.15. The minimum atomic E-state index is 1.15. The highest BCUT2D eigenvalue weighted by molar-refractivity contribution is 6.29. The molecule has 0 saturated heterocycles. The third-order valence-electron chi connectivity index (χ3n) is 29.2. The van der Waals surface area contributed by atoms with Gasteiger partial charge in [-0.3, -0.25) is 0 Å². The van der Waals surface area contributed by atoms with E-state index in [1.54, 1.807) is 0 Å². The third kappa shape index (κ3) is 12.9. The van der Waals surface area contributed by atoms with E-state index >= 15 is 0 Å². The number of hydrogen-bond acceptors (Lipinski definition) is 0. The van der Waals surface area contributed by atoms with E-state index in [4.69, 9.17) is 0 Å². The summed E-state index contributed by atoms with van der Waals surface area (Å²) in [4.78, 5) is 0. The van der Waals surface area contributed by atoms with E-state index < -0.39 is 0 Å². The fourth-order valence-electron chi connectivity index (χ4n) is 23.0. The highest BCUT2D eigenvalue weighted by Crippen LogP contribution is 2.49. The van der Waals surface area contributed by atoms with Crippen molar-refractivity contribution in [2.75, 3.05) is 0 Å². The van der Waals surface area contributed by atoms with Gasteiger partial charge < -0.3 is 27.4 Å². The molecule has 0 fully saturated rings. The lowest BCUT2D eigenvalue weighted by atomic mass is 9.97. The summed E-state index contributed by atoms with van der Waals surface area (Å²) in [6, 6.07) is 190. The van der Waals surface area contributed by atoms with E-state index in [2.05, 4.69) is 549 Å². The maximum absolute atomic E-state index is 2.48. The summed E-state index contributed by atoms with van der Waals surface area (Å²) in [6.45, 7) is 0. The first kappa shape index (κ1) is 79.9. The van der Waals surface area contributed by atoms with Gasteiger partial charge >= 0.3 is 0 Å². The van der Waals surface area contributed by atoms with Crippen LogP contribution in [0.5, 0.6) is 0 Å². The summed E-state index contributed by atoms with van der Waals surface area (Å²) >= 11 is 0. The zero-order valence-electron chi connectivity index (χ0n) is 76.3. The molecule has 0 spiro atoms. The molecule has 0 aliphatic rings. The van der Waals surface area contributed by atoms with Crippen LogP contribution in [0, 0.1) is 0 Å². The van der Waals surface area contributed by atoms with Crippen molar-refractivity contribution in [2.24, 2.45) is 0 Å². The van der Waals surface area contributed by atoms with Gasteiger partial charge in [0, 0.05) is 98.5 Å². The van der Waals surface area contributed by atoms with Crippen LogP contribution in [0.3, 0.4) is 0 Å². The molecule has 24 aromatic carbocycles. The maximum atomic E-state index is 2.48. The van der Waals surface area contributed by atoms with Crippen LogP contribution in [0.2, 0.25) is 0 Å². The molecule has 0 amide bonds. The summed E-state index contributed by atoms with van der Waals surface area (Å²) in [5.74, 6) is 0. The molecule has 6 nitrogen and oxygen atoms in total. The van der Waals surface area contributed by atoms with Crippen molar-refractivity contribution in [3.05, 3.63) is 522 Å². The van der Waals surface area contributed by atoms with Gasteiger partial charge in [-0.25, -0.2) is 0 Å². The predicted molar refractivity (Wildman–Crippen MR) is 595 cm³/mol. The second kappa shape index (κ2) is 32.6. The Labute approximate surface area is 806 Å². The van der Waals surface area contributed by atoms with Crippen molar-refractivity contribution in [3.8, 4) is 78.6 Å². The van der Waals surface area contributed by atoms with Crippen molar-refractivity contribution in [3.63, 3.8) is 0 Å². The van der Waals surface area contributed by atoms with Crippen LogP contribution in [0.15, 0.2) is 522 Å². The van der Waals surface area contributed by atoms with E-state index in [1.165, 1.54) is 241 Å². The van der Waals surface area contributed by atoms with Crippen LogP contribution in [0.1, 0.15) is 0 Å². The number of aromatic nitrogens is 6. The Morgan fingerprint density at radius 3 is 0.829 bits per heavy atom. The smallest absolute Gasteiger partial charge is 0.0562 e. The van der Waals surface area contributed by atoms with Crippen LogP contribution in [0.25, 0.3) is 263 Å². The molecule has 6 aromatic heterocycles. The summed E-state index contributed by atoms with van der Waals surface area (Å²) in [5.41, 5.74) is 31.2. The Morgan fingerprint density at radius 2 is 0.400 bits per heavy atom. The lowest BCUT2D eigenvalue weighted by molar-refractivity contribution is 1.16. The first-order valence-corrected chi connectivity index (χ1v) is 48.3. The summed E-state index contributed by atoms with van der Waals surface area (Å²) in [6.07, 6.45) is 0. The van der Waals surface area contributed by atoms with Gasteiger partial charge in [-0.15, -0.1) is 0 Å². The molecular formula is C134H86N6. The molecule has 0 unspecified atom stereocenters. The van der Waals surface area contributed by atoms with Crippen LogP contribution < -0.4 is 0 Å². The van der Waals surface area contributed by atoms with Crippen LogP contribution in [-0.2, 0) is 0 Å². The second-order valence-electron chi connectivity index (χ2n) is 36.9. The number of fused-ring (bicyclic) bond motifs is 26. The molecule has 0 atom stereocenters. The van der Waals surface area contributed by atoms with Crippen LogP contribution in [0.4, 0.5) is 0 Å². The average molecular weight is 1780 g/mol. The predicted octanol–water partition coefficient (Wildman–Crippen LogP) is 36.1. The topological polar surface area (TPSA) is 29.6 Å². The normalized spacial score (nSPS) is 11.9. The van der Waals surface area contributed by atoms with E-state index in [0.717, 1.165) is 22.7 Å². The molecule has 0 bridgehead atoms.